The van der Waals surface area contributed by atoms with Crippen molar-refractivity contribution in [3.05, 3.63) is 54.1 Å². The van der Waals surface area contributed by atoms with Crippen LogP contribution in [-0.4, -0.2) is 18.6 Å². The van der Waals surface area contributed by atoms with E-state index in [-0.39, 0.29) is 5.91 Å². The number of hydrogen-bond donors (Lipinski definition) is 1. The standard InChI is InChI=1S/C21H25NO2/c1-2-19(21(23)22-15-16-9-4-3-5-10-16)24-20-14-8-12-17-11-6-7-13-18(17)20/h6-9,11-14,19H,2-5,10,15H2,1H3,(H,22,23). The van der Waals surface area contributed by atoms with E-state index in [9.17, 15) is 4.79 Å². The van der Waals surface area contributed by atoms with Gasteiger partial charge in [0.15, 0.2) is 6.10 Å². The highest BCUT2D eigenvalue weighted by atomic mass is 16.5. The number of benzene rings is 2. The lowest BCUT2D eigenvalue weighted by atomic mass is 9.99. The molecule has 2 aromatic rings. The SMILES string of the molecule is CCC(Oc1cccc2ccccc12)C(=O)NCC1=CCCCC1. The number of fused-ring (bicyclic) bond motifs is 1. The van der Waals surface area contributed by atoms with Gasteiger partial charge in [-0.1, -0.05) is 55.0 Å². The van der Waals surface area contributed by atoms with Crippen LogP contribution in [0.1, 0.15) is 39.0 Å². The average Bonchev–Trinajstić information content (AvgIpc) is 2.65. The van der Waals surface area contributed by atoms with Crippen LogP contribution in [0.4, 0.5) is 0 Å². The molecule has 1 unspecified atom stereocenters. The van der Waals surface area contributed by atoms with Gasteiger partial charge in [0.25, 0.3) is 5.91 Å². The molecule has 0 saturated carbocycles. The van der Waals surface area contributed by atoms with Gasteiger partial charge in [-0.3, -0.25) is 4.79 Å². The minimum atomic E-state index is -0.458. The molecule has 0 saturated heterocycles. The zero-order valence-electron chi connectivity index (χ0n) is 14.3. The maximum Gasteiger partial charge on any atom is 0.261 e. The molecular formula is C21H25NO2. The third-order valence-corrected chi connectivity index (χ3v) is 4.56. The van der Waals surface area contributed by atoms with Crippen molar-refractivity contribution in [3.8, 4) is 5.75 Å². The number of ether oxygens (including phenoxy) is 1. The van der Waals surface area contributed by atoms with Gasteiger partial charge in [0.05, 0.1) is 0 Å². The zero-order valence-corrected chi connectivity index (χ0v) is 14.3. The Balaban J connectivity index is 1.67. The molecule has 24 heavy (non-hydrogen) atoms. The van der Waals surface area contributed by atoms with Crippen molar-refractivity contribution in [2.24, 2.45) is 0 Å². The second-order valence-corrected chi connectivity index (χ2v) is 6.32. The number of rotatable bonds is 6. The fraction of sp³-hybridized carbons (Fsp3) is 0.381. The maximum absolute atomic E-state index is 12.5. The van der Waals surface area contributed by atoms with E-state index in [1.54, 1.807) is 0 Å². The molecule has 0 spiro atoms. The highest BCUT2D eigenvalue weighted by Crippen LogP contribution is 2.26. The van der Waals surface area contributed by atoms with Crippen molar-refractivity contribution in [2.75, 3.05) is 6.54 Å². The summed E-state index contributed by atoms with van der Waals surface area (Å²) in [5, 5.41) is 5.21. The summed E-state index contributed by atoms with van der Waals surface area (Å²) in [6.07, 6.45) is 7.17. The first-order valence-electron chi connectivity index (χ1n) is 8.88. The molecule has 3 rings (SSSR count). The molecule has 0 aliphatic heterocycles. The van der Waals surface area contributed by atoms with Crippen LogP contribution >= 0.6 is 0 Å². The van der Waals surface area contributed by atoms with Crippen molar-refractivity contribution in [3.63, 3.8) is 0 Å². The van der Waals surface area contributed by atoms with Crippen LogP contribution in [0, 0.1) is 0 Å². The largest absolute Gasteiger partial charge is 0.480 e. The fourth-order valence-corrected chi connectivity index (χ4v) is 3.15. The molecule has 0 aromatic heterocycles. The Kier molecular flexibility index (Phi) is 5.52. The fourth-order valence-electron chi connectivity index (χ4n) is 3.15. The Hall–Kier alpha value is -2.29. The Morgan fingerprint density at radius 2 is 2.00 bits per heavy atom. The monoisotopic (exact) mass is 323 g/mol. The molecule has 0 heterocycles. The summed E-state index contributed by atoms with van der Waals surface area (Å²) in [7, 11) is 0. The molecule has 3 heteroatoms. The molecule has 3 nitrogen and oxygen atoms in total. The summed E-state index contributed by atoms with van der Waals surface area (Å²) in [5.41, 5.74) is 1.34. The molecule has 0 fully saturated rings. The van der Waals surface area contributed by atoms with E-state index in [4.69, 9.17) is 4.74 Å². The van der Waals surface area contributed by atoms with Gasteiger partial charge in [-0.15, -0.1) is 0 Å². The summed E-state index contributed by atoms with van der Waals surface area (Å²) in [4.78, 5) is 12.5. The maximum atomic E-state index is 12.5. The van der Waals surface area contributed by atoms with E-state index in [0.29, 0.717) is 13.0 Å². The van der Waals surface area contributed by atoms with E-state index in [1.807, 2.05) is 37.3 Å². The van der Waals surface area contributed by atoms with Crippen molar-refractivity contribution < 1.29 is 9.53 Å². The summed E-state index contributed by atoms with van der Waals surface area (Å²) in [6, 6.07) is 14.0. The first-order valence-corrected chi connectivity index (χ1v) is 8.88. The first-order chi connectivity index (χ1) is 11.8. The quantitative estimate of drug-likeness (QED) is 0.788. The van der Waals surface area contributed by atoms with E-state index in [1.165, 1.54) is 18.4 Å². The Bertz CT molecular complexity index is 730. The first kappa shape index (κ1) is 16.6. The lowest BCUT2D eigenvalue weighted by molar-refractivity contribution is -0.127. The van der Waals surface area contributed by atoms with Crippen molar-refractivity contribution in [2.45, 2.75) is 45.1 Å². The van der Waals surface area contributed by atoms with Gasteiger partial charge in [0.1, 0.15) is 5.75 Å². The molecule has 2 aromatic carbocycles. The number of carbonyl (C=O) groups excluding carboxylic acids is 1. The second kappa shape index (κ2) is 8.00. The minimum Gasteiger partial charge on any atom is -0.480 e. The number of nitrogens with one attached hydrogen (secondary N) is 1. The third kappa shape index (κ3) is 3.97. The molecule has 126 valence electrons. The van der Waals surface area contributed by atoms with Crippen LogP contribution < -0.4 is 10.1 Å². The molecule has 1 amide bonds. The number of allylic oxidation sites excluding steroid dienone is 1. The van der Waals surface area contributed by atoms with Crippen LogP contribution in [0.5, 0.6) is 5.75 Å². The highest BCUT2D eigenvalue weighted by Gasteiger charge is 2.19. The van der Waals surface area contributed by atoms with Crippen molar-refractivity contribution >= 4 is 16.7 Å². The summed E-state index contributed by atoms with van der Waals surface area (Å²) >= 11 is 0. The van der Waals surface area contributed by atoms with Crippen molar-refractivity contribution in [1.82, 2.24) is 5.32 Å². The Morgan fingerprint density at radius 1 is 1.17 bits per heavy atom. The summed E-state index contributed by atoms with van der Waals surface area (Å²) in [5.74, 6) is 0.740. The predicted molar refractivity (Wildman–Crippen MR) is 98.2 cm³/mol. The molecule has 1 atom stereocenters. The molecule has 1 aliphatic rings. The van der Waals surface area contributed by atoms with Crippen LogP contribution in [0.3, 0.4) is 0 Å². The Labute approximate surface area is 143 Å². The van der Waals surface area contributed by atoms with Crippen LogP contribution in [-0.2, 0) is 4.79 Å². The predicted octanol–water partition coefficient (Wildman–Crippen LogP) is 4.61. The molecule has 1 aliphatic carbocycles. The van der Waals surface area contributed by atoms with E-state index in [2.05, 4.69) is 23.5 Å². The highest BCUT2D eigenvalue weighted by molar-refractivity contribution is 5.89. The molecule has 0 radical (unpaired) electrons. The summed E-state index contributed by atoms with van der Waals surface area (Å²) in [6.45, 7) is 2.63. The smallest absolute Gasteiger partial charge is 0.261 e. The van der Waals surface area contributed by atoms with Gasteiger partial charge in [-0.25, -0.2) is 0 Å². The number of amides is 1. The van der Waals surface area contributed by atoms with Gasteiger partial charge >= 0.3 is 0 Å². The minimum absolute atomic E-state index is 0.0306. The van der Waals surface area contributed by atoms with E-state index >= 15 is 0 Å². The zero-order chi connectivity index (χ0) is 16.8. The third-order valence-electron chi connectivity index (χ3n) is 4.56. The van der Waals surface area contributed by atoms with Gasteiger partial charge in [-0.2, -0.15) is 0 Å². The summed E-state index contributed by atoms with van der Waals surface area (Å²) < 4.78 is 6.05. The van der Waals surface area contributed by atoms with Crippen molar-refractivity contribution in [1.29, 1.82) is 0 Å². The van der Waals surface area contributed by atoms with Crippen LogP contribution in [0.2, 0.25) is 0 Å². The lowest BCUT2D eigenvalue weighted by Gasteiger charge is -2.20. The van der Waals surface area contributed by atoms with Crippen LogP contribution in [0.15, 0.2) is 54.1 Å². The van der Waals surface area contributed by atoms with Gasteiger partial charge in [-0.05, 0) is 43.6 Å². The topological polar surface area (TPSA) is 38.3 Å². The number of hydrogen-bond acceptors (Lipinski definition) is 2. The molecular weight excluding hydrogens is 298 g/mol. The van der Waals surface area contributed by atoms with E-state index in [0.717, 1.165) is 29.4 Å². The van der Waals surface area contributed by atoms with Gasteiger partial charge in [0.2, 0.25) is 0 Å². The van der Waals surface area contributed by atoms with Gasteiger partial charge < -0.3 is 10.1 Å². The molecule has 0 bridgehead atoms. The normalized spacial score (nSPS) is 15.6. The second-order valence-electron chi connectivity index (χ2n) is 6.32. The van der Waals surface area contributed by atoms with E-state index < -0.39 is 6.10 Å². The lowest BCUT2D eigenvalue weighted by Crippen LogP contribution is -2.39. The Morgan fingerprint density at radius 3 is 2.79 bits per heavy atom. The number of carbonyl (C=O) groups is 1. The van der Waals surface area contributed by atoms with Crippen LogP contribution in [0.25, 0.3) is 10.8 Å². The van der Waals surface area contributed by atoms with Gasteiger partial charge in [0, 0.05) is 11.9 Å². The average molecular weight is 323 g/mol. The molecule has 1 N–H and O–H groups in total.